The van der Waals surface area contributed by atoms with E-state index in [2.05, 4.69) is 0 Å². The third-order valence-electron chi connectivity index (χ3n) is 5.81. The molecule has 2 heterocycles. The summed E-state index contributed by atoms with van der Waals surface area (Å²) in [5.74, 6) is 0.0337. The van der Waals surface area contributed by atoms with Crippen molar-refractivity contribution in [3.05, 3.63) is 110 Å². The Hall–Kier alpha value is -3.74. The van der Waals surface area contributed by atoms with Crippen LogP contribution >= 0.6 is 23.2 Å². The number of hydrogen-bond acceptors (Lipinski definition) is 5. The van der Waals surface area contributed by atoms with Gasteiger partial charge in [-0.2, -0.15) is 0 Å². The van der Waals surface area contributed by atoms with E-state index in [1.165, 1.54) is 6.07 Å². The van der Waals surface area contributed by atoms with Crippen LogP contribution in [0.15, 0.2) is 82.0 Å². The van der Waals surface area contributed by atoms with Gasteiger partial charge in [-0.3, -0.25) is 0 Å². The number of para-hydroxylation sites is 1. The molecule has 0 spiro atoms. The number of fused-ring (bicyclic) bond motifs is 3. The Bertz CT molecular complexity index is 1640. The molecular weight excluding hydrogens is 489 g/mol. The number of carbonyl (C=O) groups excluding carboxylic acids is 1. The maximum absolute atomic E-state index is 12.8. The van der Waals surface area contributed by atoms with Crippen LogP contribution in [0.3, 0.4) is 0 Å². The lowest BCUT2D eigenvalue weighted by atomic mass is 10.1. The molecule has 6 nitrogen and oxygen atoms in total. The van der Waals surface area contributed by atoms with Gasteiger partial charge in [-0.1, -0.05) is 41.4 Å². The summed E-state index contributed by atoms with van der Waals surface area (Å²) in [5.41, 5.74) is 2.75. The average Bonchev–Trinajstić information content (AvgIpc) is 3.12. The van der Waals surface area contributed by atoms with Crippen LogP contribution in [0.2, 0.25) is 10.0 Å². The lowest BCUT2D eigenvalue weighted by Crippen LogP contribution is -2.09. The Morgan fingerprint density at radius 1 is 0.971 bits per heavy atom. The molecule has 3 aromatic carbocycles. The van der Waals surface area contributed by atoms with E-state index in [0.29, 0.717) is 26.9 Å². The highest BCUT2D eigenvalue weighted by Crippen LogP contribution is 2.34. The topological polar surface area (TPSA) is 70.7 Å². The number of hydrogen-bond donors (Lipinski definition) is 0. The van der Waals surface area contributed by atoms with Gasteiger partial charge in [0, 0.05) is 40.0 Å². The predicted molar refractivity (Wildman–Crippen MR) is 135 cm³/mol. The molecule has 35 heavy (non-hydrogen) atoms. The highest BCUT2D eigenvalue weighted by molar-refractivity contribution is 6.32. The molecule has 0 saturated heterocycles. The Morgan fingerprint density at radius 3 is 2.60 bits per heavy atom. The monoisotopic (exact) mass is 507 g/mol. The van der Waals surface area contributed by atoms with E-state index in [9.17, 15) is 9.59 Å². The van der Waals surface area contributed by atoms with Gasteiger partial charge in [0.05, 0.1) is 16.3 Å². The number of aryl methyl sites for hydroxylation is 1. The number of aromatic nitrogens is 1. The molecule has 0 saturated carbocycles. The van der Waals surface area contributed by atoms with Gasteiger partial charge in [0.2, 0.25) is 0 Å². The molecular formula is C27H19Cl2NO5. The molecule has 0 amide bonds. The molecule has 0 fully saturated rings. The van der Waals surface area contributed by atoms with Crippen molar-refractivity contribution < 1.29 is 18.7 Å². The van der Waals surface area contributed by atoms with Crippen molar-refractivity contribution in [3.63, 3.8) is 0 Å². The molecule has 0 unspecified atom stereocenters. The van der Waals surface area contributed by atoms with Crippen LogP contribution in [0.4, 0.5) is 0 Å². The van der Waals surface area contributed by atoms with Crippen LogP contribution in [-0.4, -0.2) is 10.5 Å². The summed E-state index contributed by atoms with van der Waals surface area (Å²) in [6.07, 6.45) is 0. The fourth-order valence-electron chi connectivity index (χ4n) is 4.11. The lowest BCUT2D eigenvalue weighted by molar-refractivity contribution is 0.0472. The summed E-state index contributed by atoms with van der Waals surface area (Å²) in [5, 5.41) is 2.48. The van der Waals surface area contributed by atoms with Crippen LogP contribution in [0.5, 0.6) is 5.75 Å². The molecule has 2 aromatic heterocycles. The van der Waals surface area contributed by atoms with Crippen molar-refractivity contribution in [2.75, 3.05) is 0 Å². The summed E-state index contributed by atoms with van der Waals surface area (Å²) in [4.78, 5) is 24.5. The van der Waals surface area contributed by atoms with E-state index >= 15 is 0 Å². The number of ether oxygens (including phenoxy) is 2. The van der Waals surface area contributed by atoms with Crippen LogP contribution in [0.25, 0.3) is 21.9 Å². The zero-order valence-corrected chi connectivity index (χ0v) is 20.1. The zero-order chi connectivity index (χ0) is 24.5. The summed E-state index contributed by atoms with van der Waals surface area (Å²) in [7, 11) is 1.90. The molecule has 0 atom stereocenters. The quantitative estimate of drug-likeness (QED) is 0.193. The van der Waals surface area contributed by atoms with Crippen LogP contribution in [0, 0.1) is 0 Å². The van der Waals surface area contributed by atoms with Crippen molar-refractivity contribution in [2.24, 2.45) is 7.05 Å². The molecule has 176 valence electrons. The standard InChI is InChI=1S/C27H19Cl2NO5/c1-30-21-10-11-23-18(9-12-25(31)35-23)26(21)19(14-34-27(32)16-5-4-6-17(28)13-16)22(30)15-33-24-8-3-2-7-20(24)29/h2-13H,14-15H2,1H3. The predicted octanol–water partition coefficient (Wildman–Crippen LogP) is 6.53. The Kier molecular flexibility index (Phi) is 6.24. The van der Waals surface area contributed by atoms with Crippen molar-refractivity contribution in [3.8, 4) is 5.75 Å². The molecule has 0 aliphatic carbocycles. The molecule has 0 radical (unpaired) electrons. The molecule has 0 aliphatic rings. The summed E-state index contributed by atoms with van der Waals surface area (Å²) in [6, 6.07) is 20.5. The van der Waals surface area contributed by atoms with Gasteiger partial charge in [-0.05, 0) is 48.5 Å². The number of rotatable bonds is 6. The maximum atomic E-state index is 12.8. The Labute approximate surface area is 210 Å². The Morgan fingerprint density at radius 2 is 1.80 bits per heavy atom. The first-order valence-corrected chi connectivity index (χ1v) is 11.5. The fourth-order valence-corrected chi connectivity index (χ4v) is 4.49. The second kappa shape index (κ2) is 9.49. The highest BCUT2D eigenvalue weighted by atomic mass is 35.5. The second-order valence-electron chi connectivity index (χ2n) is 7.92. The van der Waals surface area contributed by atoms with E-state index in [0.717, 1.165) is 27.5 Å². The number of halogens is 2. The summed E-state index contributed by atoms with van der Waals surface area (Å²) < 4.78 is 19.1. The molecule has 5 rings (SSSR count). The molecule has 8 heteroatoms. The highest BCUT2D eigenvalue weighted by Gasteiger charge is 2.21. The Balaban J connectivity index is 1.59. The molecule has 5 aromatic rings. The van der Waals surface area contributed by atoms with Gasteiger partial charge in [-0.15, -0.1) is 0 Å². The van der Waals surface area contributed by atoms with E-state index < -0.39 is 11.6 Å². The molecule has 0 N–H and O–H groups in total. The SMILES string of the molecule is Cn1c(COc2ccccc2Cl)c(COC(=O)c2cccc(Cl)c2)c2c3ccc(=O)oc3ccc21. The minimum Gasteiger partial charge on any atom is -0.486 e. The minimum absolute atomic E-state index is 0.0257. The molecule has 0 bridgehead atoms. The van der Waals surface area contributed by atoms with Crippen LogP contribution < -0.4 is 10.4 Å². The van der Waals surface area contributed by atoms with Crippen molar-refractivity contribution in [1.82, 2.24) is 4.57 Å². The van der Waals surface area contributed by atoms with Gasteiger partial charge < -0.3 is 18.5 Å². The van der Waals surface area contributed by atoms with Gasteiger partial charge in [0.1, 0.15) is 24.5 Å². The van der Waals surface area contributed by atoms with E-state index in [1.54, 1.807) is 48.5 Å². The van der Waals surface area contributed by atoms with E-state index in [-0.39, 0.29) is 13.2 Å². The molecule has 0 aliphatic heterocycles. The van der Waals surface area contributed by atoms with Crippen molar-refractivity contribution in [1.29, 1.82) is 0 Å². The summed E-state index contributed by atoms with van der Waals surface area (Å²) >= 11 is 12.3. The first kappa shape index (κ1) is 23.0. The first-order valence-electron chi connectivity index (χ1n) is 10.8. The summed E-state index contributed by atoms with van der Waals surface area (Å²) in [6.45, 7) is 0.152. The zero-order valence-electron chi connectivity index (χ0n) is 18.6. The first-order chi connectivity index (χ1) is 16.9. The average molecular weight is 508 g/mol. The number of carbonyl (C=O) groups is 1. The largest absolute Gasteiger partial charge is 0.486 e. The number of nitrogens with zero attached hydrogens (tertiary/aromatic N) is 1. The third kappa shape index (κ3) is 4.50. The number of benzene rings is 3. The maximum Gasteiger partial charge on any atom is 0.338 e. The minimum atomic E-state index is -0.505. The van der Waals surface area contributed by atoms with Crippen LogP contribution in [0.1, 0.15) is 21.6 Å². The van der Waals surface area contributed by atoms with Gasteiger partial charge in [0.25, 0.3) is 0 Å². The van der Waals surface area contributed by atoms with Crippen molar-refractivity contribution in [2.45, 2.75) is 13.2 Å². The normalized spacial score (nSPS) is 11.2. The smallest absolute Gasteiger partial charge is 0.338 e. The van der Waals surface area contributed by atoms with E-state index in [4.69, 9.17) is 37.1 Å². The second-order valence-corrected chi connectivity index (χ2v) is 8.76. The lowest BCUT2D eigenvalue weighted by Gasteiger charge is -2.12. The van der Waals surface area contributed by atoms with Gasteiger partial charge >= 0.3 is 11.6 Å². The van der Waals surface area contributed by atoms with Gasteiger partial charge in [0.15, 0.2) is 0 Å². The van der Waals surface area contributed by atoms with E-state index in [1.807, 2.05) is 29.8 Å². The van der Waals surface area contributed by atoms with Crippen LogP contribution in [-0.2, 0) is 25.0 Å². The number of esters is 1. The third-order valence-corrected chi connectivity index (χ3v) is 6.35. The fraction of sp³-hybridized carbons (Fsp3) is 0.111. The van der Waals surface area contributed by atoms with Crippen molar-refractivity contribution >= 4 is 51.0 Å². The van der Waals surface area contributed by atoms with Gasteiger partial charge in [-0.25, -0.2) is 9.59 Å².